The van der Waals surface area contributed by atoms with Gasteiger partial charge in [-0.3, -0.25) is 4.79 Å². The van der Waals surface area contributed by atoms with E-state index in [4.69, 9.17) is 0 Å². The molecule has 2 heterocycles. The van der Waals surface area contributed by atoms with Gasteiger partial charge in [0.15, 0.2) is 0 Å². The van der Waals surface area contributed by atoms with Gasteiger partial charge in [-0.2, -0.15) is 9.10 Å². The second-order valence-corrected chi connectivity index (χ2v) is 7.88. The molecular weight excluding hydrogens is 344 g/mol. The van der Waals surface area contributed by atoms with Gasteiger partial charge in [0.1, 0.15) is 0 Å². The molecule has 1 amide bonds. The minimum Gasteiger partial charge on any atom is -0.340 e. The molecule has 0 bridgehead atoms. The minimum absolute atomic E-state index is 0.0303. The number of sulfonamides is 1. The highest BCUT2D eigenvalue weighted by Crippen LogP contribution is 2.12. The summed E-state index contributed by atoms with van der Waals surface area (Å²) in [6.07, 6.45) is 0. The monoisotopic (exact) mass is 364 g/mol. The summed E-state index contributed by atoms with van der Waals surface area (Å²) in [5.74, 6) is 0.336. The summed E-state index contributed by atoms with van der Waals surface area (Å²) in [4.78, 5) is 14.3. The molecule has 1 aliphatic heterocycles. The number of tetrazole rings is 1. The van der Waals surface area contributed by atoms with E-state index in [0.29, 0.717) is 32.0 Å². The molecule has 134 valence electrons. The van der Waals surface area contributed by atoms with Crippen molar-refractivity contribution in [3.05, 3.63) is 30.3 Å². The van der Waals surface area contributed by atoms with Crippen LogP contribution in [-0.2, 0) is 21.4 Å². The highest BCUT2D eigenvalue weighted by atomic mass is 32.2. The van der Waals surface area contributed by atoms with Crippen LogP contribution in [0.4, 0.5) is 0 Å². The van der Waals surface area contributed by atoms with Gasteiger partial charge in [0.25, 0.3) is 0 Å². The first-order chi connectivity index (χ1) is 12.0. The maximum absolute atomic E-state index is 12.4. The number of aryl methyl sites for hydroxylation is 1. The highest BCUT2D eigenvalue weighted by molar-refractivity contribution is 7.89. The lowest BCUT2D eigenvalue weighted by Gasteiger charge is -2.33. The molecule has 1 aliphatic rings. The van der Waals surface area contributed by atoms with Crippen LogP contribution in [-0.4, -0.2) is 75.7 Å². The molecule has 0 atom stereocenters. The Balaban J connectivity index is 1.58. The molecule has 0 N–H and O–H groups in total. The Morgan fingerprint density at radius 2 is 1.80 bits per heavy atom. The zero-order valence-electron chi connectivity index (χ0n) is 13.9. The van der Waals surface area contributed by atoms with Crippen LogP contribution in [0.15, 0.2) is 30.3 Å². The van der Waals surface area contributed by atoms with E-state index < -0.39 is 10.0 Å². The van der Waals surface area contributed by atoms with E-state index in [0.717, 1.165) is 5.56 Å². The Kier molecular flexibility index (Phi) is 5.09. The van der Waals surface area contributed by atoms with Crippen LogP contribution < -0.4 is 0 Å². The number of hydrogen-bond donors (Lipinski definition) is 0. The summed E-state index contributed by atoms with van der Waals surface area (Å²) >= 11 is 0. The topological polar surface area (TPSA) is 101 Å². The lowest BCUT2D eigenvalue weighted by atomic mass is 10.2. The molecule has 1 fully saturated rings. The molecule has 1 aromatic carbocycles. The molecule has 0 spiro atoms. The van der Waals surface area contributed by atoms with Crippen molar-refractivity contribution < 1.29 is 13.2 Å². The molecule has 0 aliphatic carbocycles. The molecule has 0 saturated carbocycles. The third-order valence-corrected chi connectivity index (χ3v) is 5.96. The molecule has 1 saturated heterocycles. The van der Waals surface area contributed by atoms with E-state index in [2.05, 4.69) is 15.4 Å². The summed E-state index contributed by atoms with van der Waals surface area (Å²) < 4.78 is 26.3. The fraction of sp³-hybridized carbons (Fsp3) is 0.467. The predicted molar refractivity (Wildman–Crippen MR) is 90.9 cm³/mol. The summed E-state index contributed by atoms with van der Waals surface area (Å²) in [5.41, 5.74) is 0.831. The summed E-state index contributed by atoms with van der Waals surface area (Å²) in [6, 6.07) is 9.38. The van der Waals surface area contributed by atoms with E-state index >= 15 is 0 Å². The van der Waals surface area contributed by atoms with E-state index in [1.165, 1.54) is 16.0 Å². The average molecular weight is 364 g/mol. The van der Waals surface area contributed by atoms with E-state index in [1.807, 2.05) is 30.3 Å². The number of benzene rings is 1. The Morgan fingerprint density at radius 3 is 2.44 bits per heavy atom. The second-order valence-electron chi connectivity index (χ2n) is 5.80. The molecule has 2 aromatic rings. The van der Waals surface area contributed by atoms with Gasteiger partial charge >= 0.3 is 0 Å². The molecule has 0 unspecified atom stereocenters. The number of amides is 1. The van der Waals surface area contributed by atoms with Crippen molar-refractivity contribution >= 4 is 15.9 Å². The molecule has 9 nitrogen and oxygen atoms in total. The lowest BCUT2D eigenvalue weighted by molar-refractivity contribution is -0.129. The SMILES string of the molecule is CC(=O)N1CCN(S(=O)(=O)CCn2nnc(-c3ccccc3)n2)CC1. The van der Waals surface area contributed by atoms with Crippen LogP contribution in [0.2, 0.25) is 0 Å². The van der Waals surface area contributed by atoms with Crippen LogP contribution in [0.5, 0.6) is 0 Å². The van der Waals surface area contributed by atoms with Crippen LogP contribution in [0.25, 0.3) is 11.4 Å². The largest absolute Gasteiger partial charge is 0.340 e. The number of carbonyl (C=O) groups is 1. The van der Waals surface area contributed by atoms with Crippen LogP contribution in [0.3, 0.4) is 0 Å². The van der Waals surface area contributed by atoms with Gasteiger partial charge < -0.3 is 4.90 Å². The van der Waals surface area contributed by atoms with E-state index in [-0.39, 0.29) is 18.2 Å². The Morgan fingerprint density at radius 1 is 1.12 bits per heavy atom. The smallest absolute Gasteiger partial charge is 0.219 e. The Bertz CT molecular complexity index is 828. The van der Waals surface area contributed by atoms with Gasteiger partial charge in [0.2, 0.25) is 21.8 Å². The Labute approximate surface area is 146 Å². The number of piperazine rings is 1. The van der Waals surface area contributed by atoms with Crippen molar-refractivity contribution in [1.82, 2.24) is 29.4 Å². The first kappa shape index (κ1) is 17.5. The number of nitrogens with zero attached hydrogens (tertiary/aromatic N) is 6. The average Bonchev–Trinajstić information content (AvgIpc) is 3.10. The number of hydrogen-bond acceptors (Lipinski definition) is 6. The van der Waals surface area contributed by atoms with Crippen LogP contribution in [0.1, 0.15) is 6.92 Å². The first-order valence-corrected chi connectivity index (χ1v) is 9.63. The second kappa shape index (κ2) is 7.28. The Hall–Kier alpha value is -2.33. The third kappa shape index (κ3) is 4.20. The molecule has 25 heavy (non-hydrogen) atoms. The number of aromatic nitrogens is 4. The van der Waals surface area contributed by atoms with Crippen molar-refractivity contribution in [2.75, 3.05) is 31.9 Å². The quantitative estimate of drug-likeness (QED) is 0.730. The van der Waals surface area contributed by atoms with Gasteiger partial charge in [0.05, 0.1) is 12.3 Å². The van der Waals surface area contributed by atoms with Crippen molar-refractivity contribution in [2.24, 2.45) is 0 Å². The maximum atomic E-state index is 12.4. The first-order valence-electron chi connectivity index (χ1n) is 8.02. The van der Waals surface area contributed by atoms with Crippen molar-refractivity contribution in [2.45, 2.75) is 13.5 Å². The highest BCUT2D eigenvalue weighted by Gasteiger charge is 2.27. The fourth-order valence-electron chi connectivity index (χ4n) is 2.65. The normalized spacial score (nSPS) is 16.1. The standard InChI is InChI=1S/C15H20N6O3S/c1-13(22)19-7-9-20(10-8-19)25(23,24)12-11-21-17-15(16-18-21)14-5-3-2-4-6-14/h2-6H,7-12H2,1H3. The van der Waals surface area contributed by atoms with E-state index in [1.54, 1.807) is 4.90 Å². The van der Waals surface area contributed by atoms with E-state index in [9.17, 15) is 13.2 Å². The third-order valence-electron chi connectivity index (χ3n) is 4.11. The number of rotatable bonds is 5. The van der Waals surface area contributed by atoms with Gasteiger partial charge in [-0.15, -0.1) is 10.2 Å². The summed E-state index contributed by atoms with van der Waals surface area (Å²) in [5, 5.41) is 12.1. The lowest BCUT2D eigenvalue weighted by Crippen LogP contribution is -2.50. The summed E-state index contributed by atoms with van der Waals surface area (Å²) in [7, 11) is -3.42. The van der Waals surface area contributed by atoms with Gasteiger partial charge in [-0.1, -0.05) is 30.3 Å². The zero-order chi connectivity index (χ0) is 17.9. The number of carbonyl (C=O) groups excluding carboxylic acids is 1. The van der Waals surface area contributed by atoms with Gasteiger partial charge in [-0.25, -0.2) is 8.42 Å². The maximum Gasteiger partial charge on any atom is 0.219 e. The van der Waals surface area contributed by atoms with Crippen molar-refractivity contribution in [1.29, 1.82) is 0 Å². The molecule has 3 rings (SSSR count). The van der Waals surface area contributed by atoms with Crippen LogP contribution in [0, 0.1) is 0 Å². The molecule has 10 heteroatoms. The van der Waals surface area contributed by atoms with Crippen molar-refractivity contribution in [3.8, 4) is 11.4 Å². The molecule has 0 radical (unpaired) electrons. The molecule has 1 aromatic heterocycles. The minimum atomic E-state index is -3.42. The summed E-state index contributed by atoms with van der Waals surface area (Å²) in [6.45, 7) is 3.12. The van der Waals surface area contributed by atoms with Gasteiger partial charge in [0, 0.05) is 38.7 Å². The molecular formula is C15H20N6O3S. The van der Waals surface area contributed by atoms with Gasteiger partial charge in [-0.05, 0) is 5.21 Å². The van der Waals surface area contributed by atoms with Crippen LogP contribution >= 0.6 is 0 Å². The fourth-order valence-corrected chi connectivity index (χ4v) is 4.02. The van der Waals surface area contributed by atoms with Crippen molar-refractivity contribution in [3.63, 3.8) is 0 Å². The predicted octanol–water partition coefficient (Wildman–Crippen LogP) is -0.166. The zero-order valence-corrected chi connectivity index (χ0v) is 14.8.